The van der Waals surface area contributed by atoms with Crippen molar-refractivity contribution in [3.8, 4) is 11.5 Å². The van der Waals surface area contributed by atoms with Gasteiger partial charge in [-0.2, -0.15) is 0 Å². The summed E-state index contributed by atoms with van der Waals surface area (Å²) in [5.41, 5.74) is 0.496. The van der Waals surface area contributed by atoms with E-state index in [9.17, 15) is 14.7 Å². The van der Waals surface area contributed by atoms with Gasteiger partial charge in [0.05, 0.1) is 11.1 Å². The van der Waals surface area contributed by atoms with Crippen LogP contribution in [0.5, 0.6) is 11.5 Å². The number of benzene rings is 1. The van der Waals surface area contributed by atoms with E-state index in [1.807, 2.05) is 0 Å². The highest BCUT2D eigenvalue weighted by molar-refractivity contribution is 6.32. The van der Waals surface area contributed by atoms with E-state index in [0.717, 1.165) is 0 Å². The van der Waals surface area contributed by atoms with E-state index in [0.29, 0.717) is 41.7 Å². The van der Waals surface area contributed by atoms with Gasteiger partial charge in [-0.15, -0.1) is 0 Å². The summed E-state index contributed by atoms with van der Waals surface area (Å²) in [4.78, 5) is 21.9. The Morgan fingerprint density at radius 1 is 1.25 bits per heavy atom. The van der Waals surface area contributed by atoms with E-state index in [4.69, 9.17) is 26.2 Å². The van der Waals surface area contributed by atoms with Gasteiger partial charge in [-0.1, -0.05) is 11.6 Å². The van der Waals surface area contributed by atoms with E-state index in [2.05, 4.69) is 10.6 Å². The van der Waals surface area contributed by atoms with Gasteiger partial charge in [0.15, 0.2) is 11.5 Å². The fourth-order valence-electron chi connectivity index (χ4n) is 2.13. The van der Waals surface area contributed by atoms with Crippen LogP contribution in [0.3, 0.4) is 0 Å². The normalized spacial score (nSPS) is 13.9. The van der Waals surface area contributed by atoms with E-state index in [1.165, 1.54) is 0 Å². The summed E-state index contributed by atoms with van der Waals surface area (Å²) in [7, 11) is 0. The van der Waals surface area contributed by atoms with Crippen LogP contribution in [0.1, 0.15) is 24.5 Å². The van der Waals surface area contributed by atoms with E-state index >= 15 is 0 Å². The van der Waals surface area contributed by atoms with Crippen molar-refractivity contribution in [2.45, 2.75) is 18.9 Å². The van der Waals surface area contributed by atoms with Crippen LogP contribution in [0.2, 0.25) is 5.02 Å². The molecular formula is C15H19ClN2O6. The van der Waals surface area contributed by atoms with Gasteiger partial charge < -0.3 is 30.3 Å². The third kappa shape index (κ3) is 5.17. The van der Waals surface area contributed by atoms with Gasteiger partial charge in [0, 0.05) is 19.5 Å². The van der Waals surface area contributed by atoms with Crippen LogP contribution >= 0.6 is 11.6 Å². The third-order valence-corrected chi connectivity index (χ3v) is 3.59. The predicted molar refractivity (Wildman–Crippen MR) is 85.7 cm³/mol. The number of hydrogen-bond donors (Lipinski definition) is 4. The second-order valence-electron chi connectivity index (χ2n) is 5.18. The van der Waals surface area contributed by atoms with Crippen molar-refractivity contribution in [3.63, 3.8) is 0 Å². The van der Waals surface area contributed by atoms with Crippen LogP contribution in [0.4, 0.5) is 4.79 Å². The maximum atomic E-state index is 11.6. The molecule has 0 saturated heterocycles. The number of urea groups is 1. The molecule has 8 nitrogen and oxygen atoms in total. The van der Waals surface area contributed by atoms with Gasteiger partial charge in [0.25, 0.3) is 0 Å². The maximum absolute atomic E-state index is 11.6. The van der Waals surface area contributed by atoms with E-state index in [-0.39, 0.29) is 19.5 Å². The fourth-order valence-corrected chi connectivity index (χ4v) is 2.41. The largest absolute Gasteiger partial charge is 0.486 e. The number of rotatable bonds is 7. The van der Waals surface area contributed by atoms with Crippen molar-refractivity contribution in [2.75, 3.05) is 26.3 Å². The summed E-state index contributed by atoms with van der Waals surface area (Å²) in [5, 5.41) is 24.0. The number of carboxylic acids is 1. The lowest BCUT2D eigenvalue weighted by molar-refractivity contribution is -0.137. The first-order valence-electron chi connectivity index (χ1n) is 7.48. The number of halogens is 1. The number of ether oxygens (including phenoxy) is 2. The molecule has 1 aliphatic rings. The molecular weight excluding hydrogens is 340 g/mol. The SMILES string of the molecule is O=C(O)CCCNC(=O)NCC(O)c1cc(Cl)c2c(c1)OCCO2. The summed E-state index contributed by atoms with van der Waals surface area (Å²) in [6, 6.07) is 2.70. The standard InChI is InChI=1S/C15H19ClN2O6/c16-10-6-9(7-12-14(10)24-5-4-23-12)11(19)8-18-15(22)17-3-1-2-13(20)21/h6-7,11,19H,1-5,8H2,(H,20,21)(H2,17,18,22). The molecule has 24 heavy (non-hydrogen) atoms. The van der Waals surface area contributed by atoms with E-state index in [1.54, 1.807) is 12.1 Å². The number of amides is 2. The summed E-state index contributed by atoms with van der Waals surface area (Å²) < 4.78 is 10.8. The predicted octanol–water partition coefficient (Wildman–Crippen LogP) is 1.31. The second-order valence-corrected chi connectivity index (χ2v) is 5.58. The lowest BCUT2D eigenvalue weighted by Gasteiger charge is -2.21. The van der Waals surface area contributed by atoms with Crippen LogP contribution in [0.15, 0.2) is 12.1 Å². The Kier molecular flexibility index (Phi) is 6.51. The highest BCUT2D eigenvalue weighted by atomic mass is 35.5. The van der Waals surface area contributed by atoms with Crippen molar-refractivity contribution in [2.24, 2.45) is 0 Å². The first-order chi connectivity index (χ1) is 11.5. The summed E-state index contributed by atoms with van der Waals surface area (Å²) in [5.74, 6) is -0.00737. The average Bonchev–Trinajstić information content (AvgIpc) is 2.56. The molecule has 0 spiro atoms. The molecule has 0 fully saturated rings. The zero-order valence-corrected chi connectivity index (χ0v) is 13.6. The van der Waals surface area contributed by atoms with Crippen molar-refractivity contribution in [1.82, 2.24) is 10.6 Å². The third-order valence-electron chi connectivity index (χ3n) is 3.31. The molecule has 9 heteroatoms. The maximum Gasteiger partial charge on any atom is 0.314 e. The number of aliphatic hydroxyl groups excluding tert-OH is 1. The number of nitrogens with one attached hydrogen (secondary N) is 2. The molecule has 1 atom stereocenters. The quantitative estimate of drug-likeness (QED) is 0.546. The first kappa shape index (κ1) is 18.2. The molecule has 0 radical (unpaired) electrons. The Bertz CT molecular complexity index is 610. The Morgan fingerprint density at radius 3 is 2.75 bits per heavy atom. The van der Waals surface area contributed by atoms with Gasteiger partial charge in [0.2, 0.25) is 0 Å². The molecule has 1 heterocycles. The Hall–Kier alpha value is -2.19. The monoisotopic (exact) mass is 358 g/mol. The molecule has 2 amide bonds. The van der Waals surface area contributed by atoms with Gasteiger partial charge in [-0.25, -0.2) is 4.79 Å². The molecule has 0 bridgehead atoms. The Balaban J connectivity index is 1.82. The first-order valence-corrected chi connectivity index (χ1v) is 7.85. The minimum Gasteiger partial charge on any atom is -0.486 e. The lowest BCUT2D eigenvalue weighted by atomic mass is 10.1. The van der Waals surface area contributed by atoms with Crippen molar-refractivity contribution >= 4 is 23.6 Å². The molecule has 0 aliphatic carbocycles. The fraction of sp³-hybridized carbons (Fsp3) is 0.467. The number of hydrogen-bond acceptors (Lipinski definition) is 5. The molecule has 132 valence electrons. The van der Waals surface area contributed by atoms with Crippen LogP contribution in [0.25, 0.3) is 0 Å². The molecule has 4 N–H and O–H groups in total. The summed E-state index contributed by atoms with van der Waals surface area (Å²) in [6.45, 7) is 1.03. The molecule has 1 aromatic rings. The van der Waals surface area contributed by atoms with Gasteiger partial charge in [-0.3, -0.25) is 4.79 Å². The number of aliphatic hydroxyl groups is 1. The number of carboxylic acid groups (broad SMARTS) is 1. The molecule has 0 aromatic heterocycles. The second kappa shape index (κ2) is 8.60. The van der Waals surface area contributed by atoms with Gasteiger partial charge in [0.1, 0.15) is 13.2 Å². The zero-order chi connectivity index (χ0) is 17.5. The minimum atomic E-state index is -0.969. The highest BCUT2D eigenvalue weighted by Crippen LogP contribution is 2.39. The zero-order valence-electron chi connectivity index (χ0n) is 12.9. The van der Waals surface area contributed by atoms with Gasteiger partial charge in [-0.05, 0) is 24.1 Å². The van der Waals surface area contributed by atoms with Crippen molar-refractivity contribution in [3.05, 3.63) is 22.7 Å². The van der Waals surface area contributed by atoms with Crippen LogP contribution in [-0.4, -0.2) is 48.5 Å². The molecule has 2 rings (SSSR count). The number of carbonyl (C=O) groups is 2. The summed E-state index contributed by atoms with van der Waals surface area (Å²) >= 11 is 6.10. The minimum absolute atomic E-state index is 0.0153. The molecule has 1 aromatic carbocycles. The van der Waals surface area contributed by atoms with Gasteiger partial charge >= 0.3 is 12.0 Å². The average molecular weight is 359 g/mol. The van der Waals surface area contributed by atoms with Crippen LogP contribution < -0.4 is 20.1 Å². The van der Waals surface area contributed by atoms with E-state index < -0.39 is 18.1 Å². The highest BCUT2D eigenvalue weighted by Gasteiger charge is 2.19. The Morgan fingerprint density at radius 2 is 2.00 bits per heavy atom. The van der Waals surface area contributed by atoms with Crippen molar-refractivity contribution in [1.29, 1.82) is 0 Å². The van der Waals surface area contributed by atoms with Crippen molar-refractivity contribution < 1.29 is 29.3 Å². The Labute approximate surface area is 143 Å². The molecule has 0 saturated carbocycles. The lowest BCUT2D eigenvalue weighted by Crippen LogP contribution is -2.38. The smallest absolute Gasteiger partial charge is 0.314 e. The number of aliphatic carboxylic acids is 1. The number of carbonyl (C=O) groups excluding carboxylic acids is 1. The topological polar surface area (TPSA) is 117 Å². The van der Waals surface area contributed by atoms with Crippen LogP contribution in [0, 0.1) is 0 Å². The molecule has 1 aliphatic heterocycles. The van der Waals surface area contributed by atoms with Crippen LogP contribution in [-0.2, 0) is 4.79 Å². The summed E-state index contributed by atoms with van der Waals surface area (Å²) in [6.07, 6.45) is -0.648. The molecule has 1 unspecified atom stereocenters. The number of fused-ring (bicyclic) bond motifs is 1.